The lowest BCUT2D eigenvalue weighted by molar-refractivity contribution is 0.347. The van der Waals surface area contributed by atoms with Crippen molar-refractivity contribution in [2.75, 3.05) is 13.2 Å². The molecule has 0 aliphatic heterocycles. The molecule has 1 aromatic rings. The van der Waals surface area contributed by atoms with Crippen LogP contribution in [-0.4, -0.2) is 18.1 Å². The summed E-state index contributed by atoms with van der Waals surface area (Å²) in [6.07, 6.45) is 3.94. The Balaban J connectivity index is 2.51. The molecular weight excluding hydrogens is 224 g/mol. The third-order valence-electron chi connectivity index (χ3n) is 2.60. The molecule has 3 heteroatoms. The summed E-state index contributed by atoms with van der Waals surface area (Å²) in [5, 5.41) is 3.42. The van der Waals surface area contributed by atoms with Crippen molar-refractivity contribution in [1.29, 1.82) is 0 Å². The Morgan fingerprint density at radius 1 is 1.39 bits per heavy atom. The number of aromatic nitrogens is 1. The zero-order valence-electron chi connectivity index (χ0n) is 11.9. The molecule has 0 atom stereocenters. The lowest BCUT2D eigenvalue weighted by Gasteiger charge is -2.10. The molecule has 0 radical (unpaired) electrons. The number of hydrogen-bond donors (Lipinski definition) is 1. The molecule has 0 spiro atoms. The zero-order chi connectivity index (χ0) is 13.4. The van der Waals surface area contributed by atoms with Gasteiger partial charge < -0.3 is 10.1 Å². The van der Waals surface area contributed by atoms with Crippen molar-refractivity contribution >= 4 is 0 Å². The van der Waals surface area contributed by atoms with Gasteiger partial charge in [0.25, 0.3) is 0 Å². The second kappa shape index (κ2) is 7.88. The van der Waals surface area contributed by atoms with Crippen LogP contribution in [-0.2, 0) is 6.54 Å². The van der Waals surface area contributed by atoms with E-state index < -0.39 is 0 Å². The molecule has 0 aromatic carbocycles. The molecule has 1 heterocycles. The molecule has 0 aliphatic rings. The van der Waals surface area contributed by atoms with E-state index in [0.29, 0.717) is 18.4 Å². The molecule has 0 saturated heterocycles. The van der Waals surface area contributed by atoms with E-state index in [1.54, 1.807) is 0 Å². The van der Waals surface area contributed by atoms with Crippen LogP contribution in [0.15, 0.2) is 24.3 Å². The van der Waals surface area contributed by atoms with Gasteiger partial charge in [0, 0.05) is 18.3 Å². The number of ether oxygens (including phenoxy) is 1. The molecule has 1 rings (SSSR count). The number of aryl methyl sites for hydroxylation is 1. The molecular formula is C15H24N2O. The Bertz CT molecular complexity index is 386. The summed E-state index contributed by atoms with van der Waals surface area (Å²) in [6, 6.07) is 4.02. The first kappa shape index (κ1) is 14.7. The Morgan fingerprint density at radius 3 is 2.78 bits per heavy atom. The molecule has 18 heavy (non-hydrogen) atoms. The van der Waals surface area contributed by atoms with Crippen molar-refractivity contribution in [2.24, 2.45) is 5.92 Å². The summed E-state index contributed by atoms with van der Waals surface area (Å²) in [6.45, 7) is 10.9. The number of pyridine rings is 1. The van der Waals surface area contributed by atoms with E-state index in [1.165, 1.54) is 5.56 Å². The highest BCUT2D eigenvalue weighted by molar-refractivity contribution is 5.25. The maximum absolute atomic E-state index is 5.51. The molecule has 0 saturated carbocycles. The largest absolute Gasteiger partial charge is 0.473 e. The quantitative estimate of drug-likeness (QED) is 0.753. The van der Waals surface area contributed by atoms with Crippen molar-refractivity contribution < 1.29 is 4.74 Å². The molecule has 0 bridgehead atoms. The van der Waals surface area contributed by atoms with Crippen molar-refractivity contribution in [2.45, 2.75) is 34.2 Å². The Morgan fingerprint density at radius 2 is 2.17 bits per heavy atom. The minimum Gasteiger partial charge on any atom is -0.473 e. The minimum atomic E-state index is 0.577. The van der Waals surface area contributed by atoms with Gasteiger partial charge in [-0.2, -0.15) is 0 Å². The van der Waals surface area contributed by atoms with Crippen molar-refractivity contribution in [1.82, 2.24) is 10.3 Å². The van der Waals surface area contributed by atoms with Gasteiger partial charge in [-0.1, -0.05) is 32.1 Å². The van der Waals surface area contributed by atoms with Crippen molar-refractivity contribution in [3.8, 4) is 5.88 Å². The highest BCUT2D eigenvalue weighted by Crippen LogP contribution is 2.12. The predicted octanol–water partition coefficient (Wildman–Crippen LogP) is 3.09. The fourth-order valence-electron chi connectivity index (χ4n) is 1.56. The molecule has 0 aliphatic carbocycles. The van der Waals surface area contributed by atoms with Crippen LogP contribution >= 0.6 is 0 Å². The second-order valence-corrected chi connectivity index (χ2v) is 4.80. The number of nitrogens with zero attached hydrogens (tertiary/aromatic N) is 1. The Labute approximate surface area is 110 Å². The van der Waals surface area contributed by atoms with Gasteiger partial charge in [-0.25, -0.2) is 4.98 Å². The summed E-state index contributed by atoms with van der Waals surface area (Å²) in [4.78, 5) is 4.45. The number of hydrogen-bond acceptors (Lipinski definition) is 3. The molecule has 100 valence electrons. The average molecular weight is 248 g/mol. The molecule has 1 N–H and O–H groups in total. The molecule has 3 nitrogen and oxygen atoms in total. The first-order valence-electron chi connectivity index (χ1n) is 6.54. The molecule has 1 aromatic heterocycles. The van der Waals surface area contributed by atoms with E-state index in [2.05, 4.69) is 30.2 Å². The third kappa shape index (κ3) is 5.32. The van der Waals surface area contributed by atoms with E-state index in [9.17, 15) is 0 Å². The van der Waals surface area contributed by atoms with Crippen LogP contribution in [0.1, 0.15) is 32.0 Å². The van der Waals surface area contributed by atoms with E-state index in [4.69, 9.17) is 4.74 Å². The van der Waals surface area contributed by atoms with Crippen LogP contribution in [0.4, 0.5) is 0 Å². The normalized spacial score (nSPS) is 11.4. The maximum atomic E-state index is 5.51. The van der Waals surface area contributed by atoms with Gasteiger partial charge in [-0.15, -0.1) is 0 Å². The smallest absolute Gasteiger partial charge is 0.213 e. The standard InChI is InChI=1S/C15H24N2O/c1-5-6-9-18-15-8-7-14(13(4)17-15)11-16-10-12(2)3/h5-8,12,16H,9-11H2,1-4H3/b6-5+. The van der Waals surface area contributed by atoms with Crippen molar-refractivity contribution in [3.05, 3.63) is 35.5 Å². The summed E-state index contributed by atoms with van der Waals surface area (Å²) in [7, 11) is 0. The molecule has 0 fully saturated rings. The number of rotatable bonds is 7. The van der Waals surface area contributed by atoms with Gasteiger partial charge in [-0.3, -0.25) is 0 Å². The third-order valence-corrected chi connectivity index (χ3v) is 2.60. The van der Waals surface area contributed by atoms with Gasteiger partial charge in [0.15, 0.2) is 0 Å². The number of allylic oxidation sites excluding steroid dienone is 1. The summed E-state index contributed by atoms with van der Waals surface area (Å²) in [5.41, 5.74) is 2.26. The van der Waals surface area contributed by atoms with Gasteiger partial charge in [-0.05, 0) is 31.9 Å². The average Bonchev–Trinajstić information content (AvgIpc) is 2.32. The first-order chi connectivity index (χ1) is 8.63. The Kier molecular flexibility index (Phi) is 6.44. The van der Waals surface area contributed by atoms with Crippen LogP contribution < -0.4 is 10.1 Å². The summed E-state index contributed by atoms with van der Waals surface area (Å²) >= 11 is 0. The minimum absolute atomic E-state index is 0.577. The monoisotopic (exact) mass is 248 g/mol. The second-order valence-electron chi connectivity index (χ2n) is 4.80. The van der Waals surface area contributed by atoms with Crippen LogP contribution in [0.2, 0.25) is 0 Å². The van der Waals surface area contributed by atoms with Gasteiger partial charge in [0.1, 0.15) is 6.61 Å². The fourth-order valence-corrected chi connectivity index (χ4v) is 1.56. The van der Waals surface area contributed by atoms with Crippen molar-refractivity contribution in [3.63, 3.8) is 0 Å². The fraction of sp³-hybridized carbons (Fsp3) is 0.533. The van der Waals surface area contributed by atoms with Gasteiger partial charge in [0.05, 0.1) is 0 Å². The predicted molar refractivity (Wildman–Crippen MR) is 75.8 cm³/mol. The highest BCUT2D eigenvalue weighted by Gasteiger charge is 2.02. The van der Waals surface area contributed by atoms with E-state index in [0.717, 1.165) is 18.8 Å². The highest BCUT2D eigenvalue weighted by atomic mass is 16.5. The summed E-state index contributed by atoms with van der Waals surface area (Å²) in [5.74, 6) is 1.36. The van der Waals surface area contributed by atoms with Gasteiger partial charge in [0.2, 0.25) is 5.88 Å². The van der Waals surface area contributed by atoms with E-state index in [1.807, 2.05) is 32.1 Å². The van der Waals surface area contributed by atoms with Crippen LogP contribution in [0, 0.1) is 12.8 Å². The van der Waals surface area contributed by atoms with Gasteiger partial charge >= 0.3 is 0 Å². The SMILES string of the molecule is C/C=C/COc1ccc(CNCC(C)C)c(C)n1. The summed E-state index contributed by atoms with van der Waals surface area (Å²) < 4.78 is 5.51. The molecule has 0 amide bonds. The topological polar surface area (TPSA) is 34.1 Å². The zero-order valence-corrected chi connectivity index (χ0v) is 11.9. The van der Waals surface area contributed by atoms with E-state index in [-0.39, 0.29) is 0 Å². The maximum Gasteiger partial charge on any atom is 0.213 e. The van der Waals surface area contributed by atoms with Crippen LogP contribution in [0.3, 0.4) is 0 Å². The van der Waals surface area contributed by atoms with Crippen LogP contribution in [0.5, 0.6) is 5.88 Å². The Hall–Kier alpha value is -1.35. The lowest BCUT2D eigenvalue weighted by atomic mass is 10.2. The van der Waals surface area contributed by atoms with Crippen LogP contribution in [0.25, 0.3) is 0 Å². The lowest BCUT2D eigenvalue weighted by Crippen LogP contribution is -2.19. The first-order valence-corrected chi connectivity index (χ1v) is 6.54. The number of nitrogens with one attached hydrogen (secondary N) is 1. The molecule has 0 unspecified atom stereocenters. The van der Waals surface area contributed by atoms with E-state index >= 15 is 0 Å².